The van der Waals surface area contributed by atoms with Gasteiger partial charge in [-0.1, -0.05) is 0 Å². The van der Waals surface area contributed by atoms with Crippen molar-refractivity contribution >= 4 is 23.4 Å². The second-order valence-corrected chi connectivity index (χ2v) is 4.50. The fourth-order valence-corrected chi connectivity index (χ4v) is 2.37. The Morgan fingerprint density at radius 3 is 2.83 bits per heavy atom. The molecule has 0 aliphatic carbocycles. The number of fused-ring (bicyclic) bond motifs is 1. The predicted octanol–water partition coefficient (Wildman–Crippen LogP) is 1.52. The maximum absolute atomic E-state index is 14.1. The third kappa shape index (κ3) is 1.90. The summed E-state index contributed by atoms with van der Waals surface area (Å²) in [6.07, 6.45) is 1.85. The molecule has 0 saturated carbocycles. The normalized spacial score (nSPS) is 18.9. The molecule has 18 heavy (non-hydrogen) atoms. The van der Waals surface area contributed by atoms with E-state index in [0.29, 0.717) is 16.9 Å². The molecule has 3 rings (SSSR count). The first-order valence-corrected chi connectivity index (χ1v) is 6.10. The third-order valence-corrected chi connectivity index (χ3v) is 3.33. The quantitative estimate of drug-likeness (QED) is 0.818. The smallest absolute Gasteiger partial charge is 0.170 e. The van der Waals surface area contributed by atoms with Gasteiger partial charge >= 0.3 is 0 Å². The van der Waals surface area contributed by atoms with E-state index < -0.39 is 0 Å². The fourth-order valence-electron chi connectivity index (χ4n) is 2.37. The van der Waals surface area contributed by atoms with Crippen LogP contribution in [0.15, 0.2) is 17.1 Å². The number of halogens is 1. The van der Waals surface area contributed by atoms with E-state index in [4.69, 9.17) is 0 Å². The molecule has 0 aromatic heterocycles. The fraction of sp³-hybridized carbons (Fsp3) is 0.385. The van der Waals surface area contributed by atoms with Crippen LogP contribution in [0.2, 0.25) is 0 Å². The van der Waals surface area contributed by atoms with Crippen LogP contribution in [0.5, 0.6) is 0 Å². The van der Waals surface area contributed by atoms with E-state index in [9.17, 15) is 9.18 Å². The third-order valence-electron chi connectivity index (χ3n) is 3.33. The van der Waals surface area contributed by atoms with Crippen LogP contribution in [-0.2, 0) is 0 Å². The first-order valence-electron chi connectivity index (χ1n) is 6.10. The van der Waals surface area contributed by atoms with E-state index in [1.807, 2.05) is 4.90 Å². The molecular formula is C13H14FN3O. The Hall–Kier alpha value is -1.75. The molecule has 1 saturated heterocycles. The van der Waals surface area contributed by atoms with Gasteiger partial charge in [0.1, 0.15) is 5.82 Å². The second kappa shape index (κ2) is 4.49. The molecule has 0 spiro atoms. The topological polar surface area (TPSA) is 44.7 Å². The zero-order valence-electron chi connectivity index (χ0n) is 9.95. The Labute approximate surface area is 105 Å². The van der Waals surface area contributed by atoms with Crippen molar-refractivity contribution in [3.05, 3.63) is 23.5 Å². The number of nitrogens with zero attached hydrogens (tertiary/aromatic N) is 2. The average Bonchev–Trinajstić information content (AvgIpc) is 2.40. The number of carbonyl (C=O) groups is 1. The van der Waals surface area contributed by atoms with Gasteiger partial charge in [-0.3, -0.25) is 9.79 Å². The van der Waals surface area contributed by atoms with Crippen LogP contribution in [0, 0.1) is 5.82 Å². The van der Waals surface area contributed by atoms with Crippen LogP contribution in [0.1, 0.15) is 16.8 Å². The van der Waals surface area contributed by atoms with Crippen molar-refractivity contribution in [3.63, 3.8) is 0 Å². The van der Waals surface area contributed by atoms with Gasteiger partial charge in [-0.15, -0.1) is 0 Å². The lowest BCUT2D eigenvalue weighted by atomic mass is 10.0. The van der Waals surface area contributed by atoms with E-state index >= 15 is 0 Å². The van der Waals surface area contributed by atoms with E-state index in [1.165, 1.54) is 6.07 Å². The molecule has 1 fully saturated rings. The van der Waals surface area contributed by atoms with E-state index in [1.54, 1.807) is 12.3 Å². The maximum atomic E-state index is 14.1. The monoisotopic (exact) mass is 247 g/mol. The van der Waals surface area contributed by atoms with Crippen LogP contribution in [-0.4, -0.2) is 38.2 Å². The molecule has 4 nitrogen and oxygen atoms in total. The summed E-state index contributed by atoms with van der Waals surface area (Å²) in [5.41, 5.74) is 1.53. The highest BCUT2D eigenvalue weighted by atomic mass is 19.1. The number of ketones is 1. The first kappa shape index (κ1) is 11.3. The number of rotatable bonds is 1. The average molecular weight is 247 g/mol. The van der Waals surface area contributed by atoms with Gasteiger partial charge in [-0.05, 0) is 12.1 Å². The zero-order valence-corrected chi connectivity index (χ0v) is 9.95. The van der Waals surface area contributed by atoms with Gasteiger partial charge in [0, 0.05) is 44.4 Å². The molecule has 0 bridgehead atoms. The Kier molecular flexibility index (Phi) is 2.83. The molecule has 1 N–H and O–H groups in total. The number of nitrogens with one attached hydrogen (secondary N) is 1. The van der Waals surface area contributed by atoms with Gasteiger partial charge < -0.3 is 10.2 Å². The van der Waals surface area contributed by atoms with Gasteiger partial charge in [-0.2, -0.15) is 0 Å². The largest absolute Gasteiger partial charge is 0.367 e. The van der Waals surface area contributed by atoms with E-state index in [2.05, 4.69) is 10.3 Å². The summed E-state index contributed by atoms with van der Waals surface area (Å²) in [5.74, 6) is -0.396. The minimum Gasteiger partial charge on any atom is -0.367 e. The lowest BCUT2D eigenvalue weighted by molar-refractivity contribution is 0.100. The zero-order chi connectivity index (χ0) is 12.5. The van der Waals surface area contributed by atoms with Crippen LogP contribution >= 0.6 is 0 Å². The van der Waals surface area contributed by atoms with Crippen molar-refractivity contribution in [2.45, 2.75) is 6.42 Å². The van der Waals surface area contributed by atoms with Crippen molar-refractivity contribution in [3.8, 4) is 0 Å². The van der Waals surface area contributed by atoms with Gasteiger partial charge in [0.15, 0.2) is 5.78 Å². The number of benzene rings is 1. The summed E-state index contributed by atoms with van der Waals surface area (Å²) in [6, 6.07) is 3.01. The summed E-state index contributed by atoms with van der Waals surface area (Å²) in [7, 11) is 0. The van der Waals surface area contributed by atoms with Crippen LogP contribution in [0.3, 0.4) is 0 Å². The number of anilines is 1. The van der Waals surface area contributed by atoms with E-state index in [-0.39, 0.29) is 18.0 Å². The number of aliphatic imine (C=N–C) groups is 1. The van der Waals surface area contributed by atoms with Crippen molar-refractivity contribution in [2.75, 3.05) is 31.1 Å². The molecule has 1 aromatic rings. The summed E-state index contributed by atoms with van der Waals surface area (Å²) in [4.78, 5) is 17.8. The lowest BCUT2D eigenvalue weighted by Crippen LogP contribution is -2.43. The maximum Gasteiger partial charge on any atom is 0.170 e. The second-order valence-electron chi connectivity index (χ2n) is 4.50. The Morgan fingerprint density at radius 1 is 1.28 bits per heavy atom. The minimum absolute atomic E-state index is 0.0641. The predicted molar refractivity (Wildman–Crippen MR) is 68.6 cm³/mol. The molecule has 94 valence electrons. The van der Waals surface area contributed by atoms with Crippen molar-refractivity contribution in [2.24, 2.45) is 4.99 Å². The molecule has 0 atom stereocenters. The molecule has 1 aromatic carbocycles. The van der Waals surface area contributed by atoms with Gasteiger partial charge in [0.2, 0.25) is 0 Å². The Morgan fingerprint density at radius 2 is 2.06 bits per heavy atom. The SMILES string of the molecule is O=C1CC=Nc2cc(N3CCNCC3)c(F)cc21. The molecule has 0 amide bonds. The Balaban J connectivity index is 2.01. The van der Waals surface area contributed by atoms with Crippen molar-refractivity contribution in [1.29, 1.82) is 0 Å². The molecule has 0 unspecified atom stereocenters. The number of piperazine rings is 1. The number of hydrogen-bond acceptors (Lipinski definition) is 4. The summed E-state index contributed by atoms with van der Waals surface area (Å²) >= 11 is 0. The molecule has 0 radical (unpaired) electrons. The van der Waals surface area contributed by atoms with Crippen LogP contribution < -0.4 is 10.2 Å². The highest BCUT2D eigenvalue weighted by molar-refractivity contribution is 6.10. The molecule has 5 heteroatoms. The molecule has 2 aliphatic rings. The molecular weight excluding hydrogens is 233 g/mol. The number of Topliss-reactive ketones (excluding diaryl/α,β-unsaturated/α-hetero) is 1. The van der Waals surface area contributed by atoms with Crippen LogP contribution in [0.25, 0.3) is 0 Å². The Bertz CT molecular complexity index is 521. The van der Waals surface area contributed by atoms with Crippen molar-refractivity contribution < 1.29 is 9.18 Å². The van der Waals surface area contributed by atoms with Gasteiger partial charge in [0.05, 0.1) is 11.4 Å². The van der Waals surface area contributed by atoms with E-state index in [0.717, 1.165) is 26.2 Å². The summed E-state index contributed by atoms with van der Waals surface area (Å²) < 4.78 is 14.1. The highest BCUT2D eigenvalue weighted by Crippen LogP contribution is 2.31. The highest BCUT2D eigenvalue weighted by Gasteiger charge is 2.21. The first-order chi connectivity index (χ1) is 8.75. The van der Waals surface area contributed by atoms with Gasteiger partial charge in [0.25, 0.3) is 0 Å². The van der Waals surface area contributed by atoms with Gasteiger partial charge in [-0.25, -0.2) is 4.39 Å². The standard InChI is InChI=1S/C13H14FN3O/c14-10-7-9-11(16-2-1-13(9)18)8-12(10)17-5-3-15-4-6-17/h2,7-8,15H,1,3-6H2. The molecule has 2 aliphatic heterocycles. The summed E-state index contributed by atoms with van der Waals surface area (Å²) in [6.45, 7) is 3.23. The number of carbonyl (C=O) groups excluding carboxylic acids is 1. The number of hydrogen-bond donors (Lipinski definition) is 1. The minimum atomic E-state index is -0.332. The summed E-state index contributed by atoms with van der Waals surface area (Å²) in [5, 5.41) is 3.23. The van der Waals surface area contributed by atoms with Crippen molar-refractivity contribution in [1.82, 2.24) is 5.32 Å². The van der Waals surface area contributed by atoms with Crippen LogP contribution in [0.4, 0.5) is 15.8 Å². The molecule has 2 heterocycles. The lowest BCUT2D eigenvalue weighted by Gasteiger charge is -2.30.